The third kappa shape index (κ3) is 7.66. The highest BCUT2D eigenvalue weighted by Crippen LogP contribution is 2.39. The second-order valence-corrected chi connectivity index (χ2v) is 12.8. The molecular weight excluding hydrogens is 416 g/mol. The minimum absolute atomic E-state index is 0. The summed E-state index contributed by atoms with van der Waals surface area (Å²) in [6.07, 6.45) is 10.8. The van der Waals surface area contributed by atoms with Crippen LogP contribution in [0, 0.1) is 10.8 Å². The summed E-state index contributed by atoms with van der Waals surface area (Å²) in [4.78, 5) is 0. The zero-order valence-corrected chi connectivity index (χ0v) is 23.0. The second-order valence-electron chi connectivity index (χ2n) is 12.8. The van der Waals surface area contributed by atoms with Gasteiger partial charge in [-0.05, 0) is 64.8 Å². The zero-order chi connectivity index (χ0) is 23.8. The fraction of sp³-hybridized carbons (Fsp3) is 0.552. The Morgan fingerprint density at radius 2 is 1.06 bits per heavy atom. The van der Waals surface area contributed by atoms with E-state index in [0.717, 1.165) is 34.2 Å². The van der Waals surface area contributed by atoms with E-state index >= 15 is 0 Å². The van der Waals surface area contributed by atoms with Crippen molar-refractivity contribution in [1.82, 2.24) is 0 Å². The van der Waals surface area contributed by atoms with E-state index in [-0.39, 0.29) is 34.1 Å². The highest BCUT2D eigenvalue weighted by atomic mass is 35.5. The highest BCUT2D eigenvalue weighted by Gasteiger charge is 2.33. The molecule has 0 N–H and O–H groups in total. The highest BCUT2D eigenvalue weighted by molar-refractivity contribution is 5.54. The van der Waals surface area contributed by atoms with E-state index in [1.165, 1.54) is 0 Å². The van der Waals surface area contributed by atoms with Gasteiger partial charge in [0, 0.05) is 23.0 Å². The lowest BCUT2D eigenvalue weighted by atomic mass is 9.87. The Kier molecular flexibility index (Phi) is 8.46. The third-order valence-corrected chi connectivity index (χ3v) is 5.17. The Morgan fingerprint density at radius 3 is 1.41 bits per heavy atom. The molecule has 0 radical (unpaired) electrons. The van der Waals surface area contributed by atoms with Crippen molar-refractivity contribution in [3.63, 3.8) is 0 Å². The molecule has 0 atom stereocenters. The molecule has 0 fully saturated rings. The molecule has 0 saturated carbocycles. The van der Waals surface area contributed by atoms with Crippen molar-refractivity contribution in [2.24, 2.45) is 10.8 Å². The molecule has 0 amide bonds. The minimum atomic E-state index is -0.0439. The van der Waals surface area contributed by atoms with Gasteiger partial charge in [0.2, 0.25) is 0 Å². The van der Waals surface area contributed by atoms with E-state index in [9.17, 15) is 0 Å². The van der Waals surface area contributed by atoms with E-state index in [0.29, 0.717) is 0 Å². The standard InChI is InChI=1S/C29H43O2.ClH/c1-26(2,3)22-16-20(17-23(30-22)27(4,5)6)14-13-15-21-18-24(28(7,8)9)31-25(19-21)29(10,11)12;/h13-19H,1-12H3;1H/q+1;/p-1. The Labute approximate surface area is 202 Å². The van der Waals surface area contributed by atoms with Crippen LogP contribution in [0.5, 0.6) is 0 Å². The molecule has 32 heavy (non-hydrogen) atoms. The monoisotopic (exact) mass is 458 g/mol. The van der Waals surface area contributed by atoms with Crippen molar-refractivity contribution in [1.29, 1.82) is 0 Å². The van der Waals surface area contributed by atoms with Crippen molar-refractivity contribution in [2.75, 3.05) is 0 Å². The average molecular weight is 459 g/mol. The summed E-state index contributed by atoms with van der Waals surface area (Å²) >= 11 is 0. The maximum absolute atomic E-state index is 6.26. The number of hydrogen-bond acceptors (Lipinski definition) is 1. The van der Waals surface area contributed by atoms with Gasteiger partial charge in [-0.15, -0.1) is 0 Å². The predicted molar refractivity (Wildman–Crippen MR) is 134 cm³/mol. The van der Waals surface area contributed by atoms with Gasteiger partial charge >= 0.3 is 11.5 Å². The predicted octanol–water partition coefficient (Wildman–Crippen LogP) is 5.99. The number of halogens is 1. The summed E-state index contributed by atoms with van der Waals surface area (Å²) in [6, 6.07) is 4.31. The molecule has 1 aliphatic rings. The molecular formula is C29H43ClO2. The number of rotatable bonds is 2. The Balaban J connectivity index is 0.00000512. The molecule has 0 saturated heterocycles. The van der Waals surface area contributed by atoms with Gasteiger partial charge in [-0.2, -0.15) is 0 Å². The maximum atomic E-state index is 6.26. The van der Waals surface area contributed by atoms with Crippen LogP contribution in [-0.4, -0.2) is 0 Å². The van der Waals surface area contributed by atoms with E-state index < -0.39 is 0 Å². The smallest absolute Gasteiger partial charge is 0.335 e. The van der Waals surface area contributed by atoms with Crippen molar-refractivity contribution >= 4 is 6.08 Å². The van der Waals surface area contributed by atoms with E-state index in [4.69, 9.17) is 9.15 Å². The fourth-order valence-corrected chi connectivity index (χ4v) is 2.98. The molecule has 178 valence electrons. The largest absolute Gasteiger partial charge is 1.00 e. The van der Waals surface area contributed by atoms with Gasteiger partial charge in [-0.1, -0.05) is 59.8 Å². The van der Waals surface area contributed by atoms with Crippen LogP contribution in [0.2, 0.25) is 0 Å². The molecule has 1 aromatic rings. The minimum Gasteiger partial charge on any atom is -1.00 e. The quantitative estimate of drug-likeness (QED) is 0.507. The van der Waals surface area contributed by atoms with Gasteiger partial charge in [-0.25, -0.2) is 4.42 Å². The lowest BCUT2D eigenvalue weighted by Gasteiger charge is -2.32. The average Bonchev–Trinajstić information content (AvgIpc) is 2.58. The van der Waals surface area contributed by atoms with Crippen LogP contribution >= 0.6 is 0 Å². The van der Waals surface area contributed by atoms with Crippen LogP contribution in [0.1, 0.15) is 100 Å². The van der Waals surface area contributed by atoms with E-state index in [1.54, 1.807) is 0 Å². The molecule has 0 aliphatic carbocycles. The second kappa shape index (κ2) is 9.59. The first kappa shape index (κ1) is 28.2. The molecule has 2 heterocycles. The molecule has 2 nitrogen and oxygen atoms in total. The van der Waals surface area contributed by atoms with E-state index in [1.807, 2.05) is 0 Å². The lowest BCUT2D eigenvalue weighted by molar-refractivity contribution is -0.00000858. The molecule has 0 unspecified atom stereocenters. The van der Waals surface area contributed by atoms with E-state index in [2.05, 4.69) is 126 Å². The maximum Gasteiger partial charge on any atom is 0.335 e. The number of allylic oxidation sites excluding steroid dienone is 7. The van der Waals surface area contributed by atoms with Gasteiger partial charge in [0.1, 0.15) is 11.5 Å². The van der Waals surface area contributed by atoms with Crippen LogP contribution in [-0.2, 0) is 15.6 Å². The van der Waals surface area contributed by atoms with Crippen molar-refractivity contribution in [3.05, 3.63) is 70.6 Å². The fourth-order valence-electron chi connectivity index (χ4n) is 2.98. The van der Waals surface area contributed by atoms with Gasteiger partial charge in [-0.3, -0.25) is 0 Å². The van der Waals surface area contributed by atoms with Gasteiger partial charge in [0.15, 0.2) is 0 Å². The Bertz CT molecular complexity index is 867. The first-order chi connectivity index (χ1) is 13.9. The van der Waals surface area contributed by atoms with Crippen LogP contribution in [0.25, 0.3) is 6.08 Å². The van der Waals surface area contributed by atoms with Gasteiger partial charge in [0.05, 0.1) is 10.8 Å². The third-order valence-electron chi connectivity index (χ3n) is 5.17. The van der Waals surface area contributed by atoms with Crippen molar-refractivity contribution in [3.8, 4) is 0 Å². The first-order valence-corrected chi connectivity index (χ1v) is 11.4. The summed E-state index contributed by atoms with van der Waals surface area (Å²) in [5, 5.41) is 0. The molecule has 1 aliphatic heterocycles. The number of hydrogen-bond donors (Lipinski definition) is 0. The van der Waals surface area contributed by atoms with Crippen LogP contribution in [0.4, 0.5) is 0 Å². The summed E-state index contributed by atoms with van der Waals surface area (Å²) in [5.74, 6) is 4.01. The molecule has 2 rings (SSSR count). The van der Waals surface area contributed by atoms with Gasteiger partial charge < -0.3 is 17.1 Å². The molecule has 0 aromatic carbocycles. The Hall–Kier alpha value is -1.80. The lowest BCUT2D eigenvalue weighted by Crippen LogP contribution is -3.00. The molecule has 0 spiro atoms. The normalized spacial score (nSPS) is 15.7. The SMILES string of the molecule is CC(C)(C)C1=CC(=C/C=C/c2cc(C(C)(C)C)[o+]c(C(C)(C)C)c2)C=C(C(C)(C)C)O1.[Cl-]. The zero-order valence-electron chi connectivity index (χ0n) is 22.2. The summed E-state index contributed by atoms with van der Waals surface area (Å²) in [6.45, 7) is 26.3. The summed E-state index contributed by atoms with van der Waals surface area (Å²) in [7, 11) is 0. The Morgan fingerprint density at radius 1 is 0.656 bits per heavy atom. The summed E-state index contributed by atoms with van der Waals surface area (Å²) < 4.78 is 12.5. The van der Waals surface area contributed by atoms with Crippen LogP contribution < -0.4 is 12.4 Å². The molecule has 1 aromatic heterocycles. The molecule has 0 bridgehead atoms. The van der Waals surface area contributed by atoms with Crippen LogP contribution in [0.15, 0.2) is 57.9 Å². The topological polar surface area (TPSA) is 20.5 Å². The number of ether oxygens (including phenoxy) is 1. The first-order valence-electron chi connectivity index (χ1n) is 11.4. The van der Waals surface area contributed by atoms with Crippen molar-refractivity contribution < 1.29 is 21.6 Å². The van der Waals surface area contributed by atoms with Crippen molar-refractivity contribution in [2.45, 2.75) is 93.9 Å². The van der Waals surface area contributed by atoms with Crippen LogP contribution in [0.3, 0.4) is 0 Å². The summed E-state index contributed by atoms with van der Waals surface area (Å²) in [5.41, 5.74) is 2.14. The van der Waals surface area contributed by atoms with Gasteiger partial charge in [0.25, 0.3) is 0 Å². The molecule has 3 heteroatoms.